The Morgan fingerprint density at radius 3 is 2.59 bits per heavy atom. The number of para-hydroxylation sites is 2. The molecule has 1 aromatic carbocycles. The van der Waals surface area contributed by atoms with Gasteiger partial charge in [0.15, 0.2) is 0 Å². The zero-order chi connectivity index (χ0) is 19.9. The largest absolute Gasteiger partial charge is 0.378 e. The lowest BCUT2D eigenvalue weighted by Gasteiger charge is -2.30. The predicted molar refractivity (Wildman–Crippen MR) is 116 cm³/mol. The normalized spacial score (nSPS) is 18.1. The summed E-state index contributed by atoms with van der Waals surface area (Å²) in [7, 11) is 0. The van der Waals surface area contributed by atoms with E-state index in [1.54, 1.807) is 12.3 Å². The maximum absolute atomic E-state index is 12.8. The smallest absolute Gasteiger partial charge is 0.251 e. The highest BCUT2D eigenvalue weighted by Gasteiger charge is 2.17. The second kappa shape index (κ2) is 9.74. The number of nitrogens with zero attached hydrogens (tertiary/aromatic N) is 2. The van der Waals surface area contributed by atoms with Gasteiger partial charge in [0.2, 0.25) is 0 Å². The van der Waals surface area contributed by atoms with Crippen molar-refractivity contribution in [1.29, 1.82) is 0 Å². The number of benzene rings is 1. The molecule has 1 aliphatic carbocycles. The Morgan fingerprint density at radius 1 is 1.03 bits per heavy atom. The molecule has 0 radical (unpaired) electrons. The molecular weight excluding hydrogens is 364 g/mol. The van der Waals surface area contributed by atoms with E-state index in [9.17, 15) is 4.79 Å². The average molecular weight is 395 g/mol. The van der Waals surface area contributed by atoms with Gasteiger partial charge in [-0.1, -0.05) is 37.8 Å². The second-order valence-electron chi connectivity index (χ2n) is 7.83. The summed E-state index contributed by atoms with van der Waals surface area (Å²) in [5.41, 5.74) is 2.77. The van der Waals surface area contributed by atoms with Crippen molar-refractivity contribution in [1.82, 2.24) is 10.3 Å². The Labute approximate surface area is 172 Å². The molecule has 0 spiro atoms. The third-order valence-corrected chi connectivity index (χ3v) is 5.73. The van der Waals surface area contributed by atoms with Gasteiger partial charge in [-0.2, -0.15) is 0 Å². The minimum atomic E-state index is -0.0104. The molecule has 1 amide bonds. The minimum absolute atomic E-state index is 0.0104. The van der Waals surface area contributed by atoms with Crippen molar-refractivity contribution >= 4 is 23.1 Å². The van der Waals surface area contributed by atoms with E-state index in [0.29, 0.717) is 11.4 Å². The molecule has 4 rings (SSSR count). The molecule has 2 aromatic rings. The molecule has 1 aliphatic heterocycles. The summed E-state index contributed by atoms with van der Waals surface area (Å²) in [4.78, 5) is 19.5. The third kappa shape index (κ3) is 5.26. The van der Waals surface area contributed by atoms with E-state index in [2.05, 4.69) is 26.6 Å². The zero-order valence-corrected chi connectivity index (χ0v) is 16.9. The van der Waals surface area contributed by atoms with E-state index in [0.717, 1.165) is 50.5 Å². The molecule has 2 aliphatic rings. The molecule has 1 saturated carbocycles. The van der Waals surface area contributed by atoms with Crippen LogP contribution in [-0.4, -0.2) is 43.2 Å². The lowest BCUT2D eigenvalue weighted by Crippen LogP contribution is -2.36. The number of carbonyl (C=O) groups is 1. The fourth-order valence-electron chi connectivity index (χ4n) is 4.13. The van der Waals surface area contributed by atoms with Crippen LogP contribution in [-0.2, 0) is 4.74 Å². The number of nitrogens with one attached hydrogen (secondary N) is 2. The number of hydrogen-bond acceptors (Lipinski definition) is 5. The first-order valence-electron chi connectivity index (χ1n) is 10.8. The van der Waals surface area contributed by atoms with Gasteiger partial charge in [0.25, 0.3) is 5.91 Å². The van der Waals surface area contributed by atoms with Crippen molar-refractivity contribution in [3.8, 4) is 0 Å². The molecular formula is C23H30N4O2. The van der Waals surface area contributed by atoms with Crippen LogP contribution in [0.3, 0.4) is 0 Å². The number of ether oxygens (including phenoxy) is 1. The maximum Gasteiger partial charge on any atom is 0.251 e. The van der Waals surface area contributed by atoms with Crippen LogP contribution in [0.2, 0.25) is 0 Å². The number of anilines is 3. The van der Waals surface area contributed by atoms with E-state index < -0.39 is 0 Å². The molecule has 154 valence electrons. The number of hydrogen-bond donors (Lipinski definition) is 2. The summed E-state index contributed by atoms with van der Waals surface area (Å²) in [6.07, 6.45) is 8.81. The molecule has 0 bridgehead atoms. The van der Waals surface area contributed by atoms with Crippen molar-refractivity contribution < 1.29 is 9.53 Å². The van der Waals surface area contributed by atoms with Gasteiger partial charge in [-0.05, 0) is 37.1 Å². The van der Waals surface area contributed by atoms with Crippen LogP contribution in [0.5, 0.6) is 0 Å². The first kappa shape index (κ1) is 19.7. The maximum atomic E-state index is 12.8. The Kier molecular flexibility index (Phi) is 6.62. The predicted octanol–water partition coefficient (Wildman–Crippen LogP) is 4.11. The summed E-state index contributed by atoms with van der Waals surface area (Å²) in [5.74, 6) is 0.669. The number of amides is 1. The Hall–Kier alpha value is -2.60. The third-order valence-electron chi connectivity index (χ3n) is 5.73. The van der Waals surface area contributed by atoms with Crippen molar-refractivity contribution in [2.75, 3.05) is 36.5 Å². The molecule has 0 atom stereocenters. The lowest BCUT2D eigenvalue weighted by atomic mass is 10.1. The molecule has 2 heterocycles. The van der Waals surface area contributed by atoms with Crippen LogP contribution in [0.4, 0.5) is 17.2 Å². The SMILES string of the molecule is O=C(NC1CCCCCC1)c1ccnc(Nc2ccccc2N2CCOCC2)c1. The highest BCUT2D eigenvalue weighted by molar-refractivity contribution is 5.95. The lowest BCUT2D eigenvalue weighted by molar-refractivity contribution is 0.0933. The van der Waals surface area contributed by atoms with Gasteiger partial charge in [-0.3, -0.25) is 4.79 Å². The highest BCUT2D eigenvalue weighted by Crippen LogP contribution is 2.29. The van der Waals surface area contributed by atoms with E-state index >= 15 is 0 Å². The molecule has 6 nitrogen and oxygen atoms in total. The van der Waals surface area contributed by atoms with Crippen molar-refractivity contribution in [3.05, 3.63) is 48.2 Å². The quantitative estimate of drug-likeness (QED) is 0.747. The van der Waals surface area contributed by atoms with Crippen molar-refractivity contribution in [2.24, 2.45) is 0 Å². The van der Waals surface area contributed by atoms with Crippen LogP contribution in [0.1, 0.15) is 48.9 Å². The first-order valence-corrected chi connectivity index (χ1v) is 10.8. The van der Waals surface area contributed by atoms with E-state index in [1.165, 1.54) is 25.7 Å². The van der Waals surface area contributed by atoms with Crippen LogP contribution in [0, 0.1) is 0 Å². The molecule has 2 N–H and O–H groups in total. The molecule has 29 heavy (non-hydrogen) atoms. The number of morpholine rings is 1. The van der Waals surface area contributed by atoms with Gasteiger partial charge < -0.3 is 20.3 Å². The van der Waals surface area contributed by atoms with Crippen LogP contribution < -0.4 is 15.5 Å². The standard InChI is InChI=1S/C23H30N4O2/c28-23(25-19-7-3-1-2-4-8-19)18-11-12-24-22(17-18)26-20-9-5-6-10-21(20)27-13-15-29-16-14-27/h5-6,9-12,17,19H,1-4,7-8,13-16H2,(H,24,26)(H,25,28). The van der Waals surface area contributed by atoms with Gasteiger partial charge >= 0.3 is 0 Å². The Morgan fingerprint density at radius 2 is 1.79 bits per heavy atom. The van der Waals surface area contributed by atoms with Crippen LogP contribution >= 0.6 is 0 Å². The van der Waals surface area contributed by atoms with Crippen molar-refractivity contribution in [3.63, 3.8) is 0 Å². The summed E-state index contributed by atoms with van der Waals surface area (Å²) < 4.78 is 5.47. The fraction of sp³-hybridized carbons (Fsp3) is 0.478. The highest BCUT2D eigenvalue weighted by atomic mass is 16.5. The minimum Gasteiger partial charge on any atom is -0.378 e. The van der Waals surface area contributed by atoms with Crippen LogP contribution in [0.25, 0.3) is 0 Å². The van der Waals surface area contributed by atoms with Gasteiger partial charge in [-0.15, -0.1) is 0 Å². The molecule has 6 heteroatoms. The fourth-order valence-corrected chi connectivity index (χ4v) is 4.13. The topological polar surface area (TPSA) is 66.5 Å². The van der Waals surface area contributed by atoms with E-state index in [4.69, 9.17) is 4.74 Å². The Balaban J connectivity index is 1.46. The molecule has 1 saturated heterocycles. The molecule has 2 fully saturated rings. The number of rotatable bonds is 5. The number of pyridine rings is 1. The second-order valence-corrected chi connectivity index (χ2v) is 7.83. The molecule has 1 aromatic heterocycles. The van der Waals surface area contributed by atoms with E-state index in [-0.39, 0.29) is 11.9 Å². The Bertz CT molecular complexity index is 812. The molecule has 0 unspecified atom stereocenters. The number of aromatic nitrogens is 1. The number of carbonyl (C=O) groups excluding carboxylic acids is 1. The summed E-state index contributed by atoms with van der Waals surface area (Å²) >= 11 is 0. The van der Waals surface area contributed by atoms with Gasteiger partial charge in [0, 0.05) is 30.9 Å². The van der Waals surface area contributed by atoms with Crippen LogP contribution in [0.15, 0.2) is 42.6 Å². The monoisotopic (exact) mass is 394 g/mol. The summed E-state index contributed by atoms with van der Waals surface area (Å²) in [6, 6.07) is 12.1. The van der Waals surface area contributed by atoms with Crippen molar-refractivity contribution in [2.45, 2.75) is 44.6 Å². The average Bonchev–Trinajstić information content (AvgIpc) is 3.04. The van der Waals surface area contributed by atoms with E-state index in [1.807, 2.05) is 24.3 Å². The summed E-state index contributed by atoms with van der Waals surface area (Å²) in [6.45, 7) is 3.22. The first-order chi connectivity index (χ1) is 14.3. The van der Waals surface area contributed by atoms with Gasteiger partial charge in [-0.25, -0.2) is 4.98 Å². The van der Waals surface area contributed by atoms with Gasteiger partial charge in [0.05, 0.1) is 24.6 Å². The van der Waals surface area contributed by atoms with Gasteiger partial charge in [0.1, 0.15) is 5.82 Å². The zero-order valence-electron chi connectivity index (χ0n) is 16.9. The summed E-state index contributed by atoms with van der Waals surface area (Å²) in [5, 5.41) is 6.62.